The summed E-state index contributed by atoms with van der Waals surface area (Å²) in [6.07, 6.45) is 8.04. The van der Waals surface area contributed by atoms with Crippen molar-refractivity contribution in [2.45, 2.75) is 32.7 Å². The second-order valence-electron chi connectivity index (χ2n) is 9.04. The molecular weight excluding hydrogens is 472 g/mol. The van der Waals surface area contributed by atoms with Crippen molar-refractivity contribution in [3.8, 4) is 22.6 Å². The molecule has 5 heterocycles. The molecule has 0 saturated carbocycles. The highest BCUT2D eigenvalue weighted by molar-refractivity contribution is 7.09. The maximum absolute atomic E-state index is 13.2. The zero-order chi connectivity index (χ0) is 24.6. The summed E-state index contributed by atoms with van der Waals surface area (Å²) in [6.45, 7) is 4.02. The first-order valence-electron chi connectivity index (χ1n) is 12.0. The topological polar surface area (TPSA) is 129 Å². The molecule has 5 aromatic rings. The monoisotopic (exact) mass is 498 g/mol. The van der Waals surface area contributed by atoms with Crippen molar-refractivity contribution in [2.75, 3.05) is 13.1 Å². The summed E-state index contributed by atoms with van der Waals surface area (Å²) in [4.78, 5) is 32.7. The summed E-state index contributed by atoms with van der Waals surface area (Å²) >= 11 is 1.60. The number of pyridine rings is 1. The number of amides is 1. The third kappa shape index (κ3) is 3.98. The van der Waals surface area contributed by atoms with E-state index in [2.05, 4.69) is 49.2 Å². The van der Waals surface area contributed by atoms with Crippen LogP contribution in [0, 0.1) is 6.92 Å². The molecule has 0 unspecified atom stereocenters. The minimum Gasteiger partial charge on any atom is -0.333 e. The number of nitrogens with two attached hydrogens (primary N) is 1. The fourth-order valence-corrected chi connectivity index (χ4v) is 5.61. The van der Waals surface area contributed by atoms with Crippen LogP contribution in [0.15, 0.2) is 42.3 Å². The number of thiazole rings is 1. The first-order chi connectivity index (χ1) is 17.6. The predicted octanol–water partition coefficient (Wildman–Crippen LogP) is 3.87. The van der Waals surface area contributed by atoms with Crippen molar-refractivity contribution >= 4 is 28.1 Å². The number of H-pyrrole nitrogens is 2. The summed E-state index contributed by atoms with van der Waals surface area (Å²) in [7, 11) is 0. The van der Waals surface area contributed by atoms with Gasteiger partial charge in [-0.15, -0.1) is 11.3 Å². The standard InChI is InChI=1S/C26H26N8OS/c1-15-17(3-2-7-27)10-28-11-19(15)16-4-5-20-18(9-16)24(33-32-20)25-29-12-22(31-25)26(35)34-8-6-21-23(13-34)36-14-30-21/h4-5,9-12,14H,2-3,6-8,13,27H2,1H3,(H,29,31)(H,32,33). The molecule has 10 heteroatoms. The lowest BCUT2D eigenvalue weighted by Crippen LogP contribution is -2.35. The van der Waals surface area contributed by atoms with Crippen LogP contribution < -0.4 is 5.73 Å². The van der Waals surface area contributed by atoms with Gasteiger partial charge in [-0.1, -0.05) is 6.07 Å². The number of nitrogens with zero attached hydrogens (tertiary/aromatic N) is 5. The number of aromatic nitrogens is 6. The number of fused-ring (bicyclic) bond motifs is 2. The van der Waals surface area contributed by atoms with Gasteiger partial charge in [0.1, 0.15) is 11.4 Å². The maximum atomic E-state index is 13.2. The molecule has 182 valence electrons. The number of imidazole rings is 1. The SMILES string of the molecule is Cc1c(CCCN)cncc1-c1ccc2[nH]nc(-c3ncc(C(=O)N4CCc5ncsc5C4)[nH]3)c2c1. The van der Waals surface area contributed by atoms with Crippen LogP contribution in [-0.2, 0) is 19.4 Å². The van der Waals surface area contributed by atoms with Gasteiger partial charge in [0, 0.05) is 41.2 Å². The maximum Gasteiger partial charge on any atom is 0.272 e. The van der Waals surface area contributed by atoms with E-state index in [1.165, 1.54) is 11.1 Å². The van der Waals surface area contributed by atoms with Crippen LogP contribution in [-0.4, -0.2) is 54.0 Å². The molecule has 9 nitrogen and oxygen atoms in total. The fraction of sp³-hybridized carbons (Fsp3) is 0.269. The van der Waals surface area contributed by atoms with E-state index in [1.807, 2.05) is 28.9 Å². The molecule has 36 heavy (non-hydrogen) atoms. The van der Waals surface area contributed by atoms with Gasteiger partial charge in [-0.05, 0) is 55.1 Å². The molecule has 1 aliphatic heterocycles. The minimum absolute atomic E-state index is 0.0654. The highest BCUT2D eigenvalue weighted by Gasteiger charge is 2.25. The van der Waals surface area contributed by atoms with E-state index in [9.17, 15) is 4.79 Å². The number of benzene rings is 1. The number of nitrogens with one attached hydrogen (secondary N) is 2. The molecule has 0 bridgehead atoms. The summed E-state index contributed by atoms with van der Waals surface area (Å²) in [6, 6.07) is 6.19. The number of carbonyl (C=O) groups is 1. The summed E-state index contributed by atoms with van der Waals surface area (Å²) in [5.74, 6) is 0.494. The van der Waals surface area contributed by atoms with Gasteiger partial charge < -0.3 is 15.6 Å². The van der Waals surface area contributed by atoms with Gasteiger partial charge in [-0.3, -0.25) is 14.9 Å². The first-order valence-corrected chi connectivity index (χ1v) is 12.9. The highest BCUT2D eigenvalue weighted by atomic mass is 32.1. The predicted molar refractivity (Wildman–Crippen MR) is 140 cm³/mol. The average Bonchev–Trinajstić information content (AvgIpc) is 3.66. The van der Waals surface area contributed by atoms with E-state index in [0.717, 1.165) is 51.9 Å². The van der Waals surface area contributed by atoms with Gasteiger partial charge in [0.25, 0.3) is 5.91 Å². The van der Waals surface area contributed by atoms with E-state index in [4.69, 9.17) is 5.73 Å². The second kappa shape index (κ2) is 9.29. The Kier molecular flexibility index (Phi) is 5.82. The average molecular weight is 499 g/mol. The number of carbonyl (C=O) groups excluding carboxylic acids is 1. The van der Waals surface area contributed by atoms with Gasteiger partial charge in [-0.2, -0.15) is 5.10 Å². The number of rotatable bonds is 6. The van der Waals surface area contributed by atoms with E-state index in [1.54, 1.807) is 17.5 Å². The first kappa shape index (κ1) is 22.6. The Morgan fingerprint density at radius 1 is 1.22 bits per heavy atom. The smallest absolute Gasteiger partial charge is 0.272 e. The van der Waals surface area contributed by atoms with Crippen molar-refractivity contribution in [1.82, 2.24) is 35.0 Å². The lowest BCUT2D eigenvalue weighted by molar-refractivity contribution is 0.0731. The molecule has 0 atom stereocenters. The Hall–Kier alpha value is -3.89. The Morgan fingerprint density at radius 2 is 2.14 bits per heavy atom. The highest BCUT2D eigenvalue weighted by Crippen LogP contribution is 2.32. The Morgan fingerprint density at radius 3 is 3.03 bits per heavy atom. The van der Waals surface area contributed by atoms with Crippen LogP contribution in [0.25, 0.3) is 33.5 Å². The lowest BCUT2D eigenvalue weighted by Gasteiger charge is -2.25. The molecule has 0 fully saturated rings. The molecule has 4 aromatic heterocycles. The van der Waals surface area contributed by atoms with Gasteiger partial charge in [-0.25, -0.2) is 9.97 Å². The van der Waals surface area contributed by atoms with Crippen molar-refractivity contribution in [3.05, 3.63) is 69.7 Å². The number of hydrogen-bond acceptors (Lipinski definition) is 7. The summed E-state index contributed by atoms with van der Waals surface area (Å²) < 4.78 is 0. The normalized spacial score (nSPS) is 13.3. The van der Waals surface area contributed by atoms with Crippen molar-refractivity contribution in [1.29, 1.82) is 0 Å². The third-order valence-electron chi connectivity index (χ3n) is 6.84. The van der Waals surface area contributed by atoms with E-state index in [0.29, 0.717) is 36.8 Å². The van der Waals surface area contributed by atoms with Crippen LogP contribution >= 0.6 is 11.3 Å². The zero-order valence-electron chi connectivity index (χ0n) is 19.9. The fourth-order valence-electron chi connectivity index (χ4n) is 4.78. The quantitative estimate of drug-likeness (QED) is 0.326. The number of aryl methyl sites for hydroxylation is 1. The van der Waals surface area contributed by atoms with Crippen LogP contribution in [0.2, 0.25) is 0 Å². The Balaban J connectivity index is 1.30. The molecule has 6 rings (SSSR count). The van der Waals surface area contributed by atoms with Crippen molar-refractivity contribution in [3.63, 3.8) is 0 Å². The van der Waals surface area contributed by atoms with Crippen LogP contribution in [0.1, 0.15) is 38.6 Å². The molecule has 1 aromatic carbocycles. The lowest BCUT2D eigenvalue weighted by atomic mass is 9.96. The van der Waals surface area contributed by atoms with Crippen LogP contribution in [0.5, 0.6) is 0 Å². The molecule has 0 saturated heterocycles. The molecule has 0 radical (unpaired) electrons. The van der Waals surface area contributed by atoms with E-state index < -0.39 is 0 Å². The zero-order valence-corrected chi connectivity index (χ0v) is 20.7. The number of hydrogen-bond donors (Lipinski definition) is 3. The van der Waals surface area contributed by atoms with E-state index >= 15 is 0 Å². The minimum atomic E-state index is -0.0654. The van der Waals surface area contributed by atoms with E-state index in [-0.39, 0.29) is 5.91 Å². The molecule has 4 N–H and O–H groups in total. The molecule has 1 aliphatic rings. The van der Waals surface area contributed by atoms with Crippen LogP contribution in [0.3, 0.4) is 0 Å². The molecule has 0 spiro atoms. The number of aromatic amines is 2. The van der Waals surface area contributed by atoms with Gasteiger partial charge in [0.05, 0.1) is 29.5 Å². The van der Waals surface area contributed by atoms with Crippen molar-refractivity contribution < 1.29 is 4.79 Å². The Bertz CT molecular complexity index is 1570. The molecule has 0 aliphatic carbocycles. The van der Waals surface area contributed by atoms with Gasteiger partial charge in [0.15, 0.2) is 5.82 Å². The Labute approximate surface area is 211 Å². The van der Waals surface area contributed by atoms with Gasteiger partial charge >= 0.3 is 0 Å². The molecule has 1 amide bonds. The second-order valence-corrected chi connectivity index (χ2v) is 9.98. The summed E-state index contributed by atoms with van der Waals surface area (Å²) in [5, 5.41) is 8.53. The molecular formula is C26H26N8OS. The third-order valence-corrected chi connectivity index (χ3v) is 7.70. The largest absolute Gasteiger partial charge is 0.333 e. The van der Waals surface area contributed by atoms with Gasteiger partial charge in [0.2, 0.25) is 0 Å². The van der Waals surface area contributed by atoms with Crippen LogP contribution in [0.4, 0.5) is 0 Å². The van der Waals surface area contributed by atoms with Crippen molar-refractivity contribution in [2.24, 2.45) is 5.73 Å². The summed E-state index contributed by atoms with van der Waals surface area (Å²) in [5.41, 5.74) is 15.3.